The van der Waals surface area contributed by atoms with E-state index in [1.54, 1.807) is 17.0 Å². The lowest BCUT2D eigenvalue weighted by Crippen LogP contribution is -2.41. The van der Waals surface area contributed by atoms with Crippen LogP contribution in [0.25, 0.3) is 0 Å². The number of aliphatic hydroxyl groups excluding tert-OH is 1. The number of hydrogen-bond donors (Lipinski definition) is 1. The molecule has 3 rings (SSSR count). The van der Waals surface area contributed by atoms with Crippen LogP contribution < -0.4 is 4.74 Å². The third-order valence-electron chi connectivity index (χ3n) is 7.26. The van der Waals surface area contributed by atoms with Crippen molar-refractivity contribution in [2.45, 2.75) is 31.5 Å². The van der Waals surface area contributed by atoms with E-state index in [1.807, 2.05) is 6.08 Å². The molecular formula is C30H48N2O11S. The van der Waals surface area contributed by atoms with Gasteiger partial charge in [-0.15, -0.1) is 0 Å². The van der Waals surface area contributed by atoms with Crippen LogP contribution in [0, 0.1) is 11.8 Å². The van der Waals surface area contributed by atoms with E-state index in [9.17, 15) is 18.3 Å². The molecule has 2 atom stereocenters. The predicted molar refractivity (Wildman–Crippen MR) is 161 cm³/mol. The molecule has 0 aromatic heterocycles. The number of carbonyl (C=O) groups excluding carboxylic acids is 1. The number of aliphatic hydroxyl groups is 1. The fourth-order valence-corrected chi connectivity index (χ4v) is 6.05. The molecule has 0 spiro atoms. The zero-order valence-electron chi connectivity index (χ0n) is 26.1. The van der Waals surface area contributed by atoms with E-state index < -0.39 is 16.3 Å². The zero-order chi connectivity index (χ0) is 31.8. The Morgan fingerprint density at radius 1 is 0.955 bits per heavy atom. The zero-order valence-corrected chi connectivity index (χ0v) is 26.9. The number of carbonyl (C=O) groups is 1. The van der Waals surface area contributed by atoms with Crippen LogP contribution in [0.15, 0.2) is 41.0 Å². The summed E-state index contributed by atoms with van der Waals surface area (Å²) in [4.78, 5) is 15.4. The Morgan fingerprint density at radius 2 is 1.52 bits per heavy atom. The highest BCUT2D eigenvalue weighted by atomic mass is 32.2. The van der Waals surface area contributed by atoms with Crippen LogP contribution in [-0.2, 0) is 43.2 Å². The fourth-order valence-electron chi connectivity index (χ4n) is 4.63. The van der Waals surface area contributed by atoms with Gasteiger partial charge in [-0.3, -0.25) is 4.79 Å². The molecule has 0 aliphatic carbocycles. The highest BCUT2D eigenvalue weighted by Crippen LogP contribution is 2.29. The third-order valence-corrected chi connectivity index (χ3v) is 9.17. The van der Waals surface area contributed by atoms with Gasteiger partial charge in [0, 0.05) is 32.6 Å². The molecule has 44 heavy (non-hydrogen) atoms. The molecule has 0 radical (unpaired) electrons. The summed E-state index contributed by atoms with van der Waals surface area (Å²) in [5.74, 6) is 0.643. The largest absolute Gasteiger partial charge is 0.497 e. The van der Waals surface area contributed by atoms with Crippen molar-refractivity contribution in [3.05, 3.63) is 36.1 Å². The van der Waals surface area contributed by atoms with Gasteiger partial charge in [0.2, 0.25) is 16.3 Å². The Morgan fingerprint density at radius 3 is 2.05 bits per heavy atom. The lowest BCUT2D eigenvalue weighted by atomic mass is 9.90. The van der Waals surface area contributed by atoms with Crippen molar-refractivity contribution in [1.82, 2.24) is 9.21 Å². The van der Waals surface area contributed by atoms with E-state index in [-0.39, 0.29) is 54.7 Å². The summed E-state index contributed by atoms with van der Waals surface area (Å²) >= 11 is 0. The Labute approximate surface area is 261 Å². The molecular weight excluding hydrogens is 596 g/mol. The van der Waals surface area contributed by atoms with Gasteiger partial charge in [0.25, 0.3) is 5.91 Å². The molecule has 13 nitrogen and oxygen atoms in total. The molecule has 0 bridgehead atoms. The smallest absolute Gasteiger partial charge is 0.288 e. The van der Waals surface area contributed by atoms with E-state index in [2.05, 4.69) is 13.8 Å². The number of allylic oxidation sites excluding steroid dienone is 1. The molecule has 250 valence electrons. The van der Waals surface area contributed by atoms with Crippen LogP contribution in [0.5, 0.6) is 5.75 Å². The second kappa shape index (κ2) is 19.3. The average molecular weight is 645 g/mol. The van der Waals surface area contributed by atoms with Crippen molar-refractivity contribution in [3.63, 3.8) is 0 Å². The summed E-state index contributed by atoms with van der Waals surface area (Å²) in [7, 11) is -2.39. The van der Waals surface area contributed by atoms with Crippen molar-refractivity contribution in [2.75, 3.05) is 99.4 Å². The van der Waals surface area contributed by atoms with Crippen molar-refractivity contribution in [2.24, 2.45) is 11.8 Å². The molecule has 1 fully saturated rings. The molecule has 2 aliphatic heterocycles. The maximum atomic E-state index is 13.7. The van der Waals surface area contributed by atoms with Gasteiger partial charge in [-0.1, -0.05) is 13.8 Å². The summed E-state index contributed by atoms with van der Waals surface area (Å²) < 4.78 is 67.1. The molecule has 2 aliphatic rings. The summed E-state index contributed by atoms with van der Waals surface area (Å²) in [6.45, 7) is 7.67. The molecule has 1 aromatic rings. The van der Waals surface area contributed by atoms with Crippen LogP contribution in [-0.4, -0.2) is 134 Å². The van der Waals surface area contributed by atoms with E-state index in [4.69, 9.17) is 33.2 Å². The SMILES string of the molecule is COc1ccc(S(=O)(=O)N(CCO)CCO[C@@H]2C[C@H](C(C)C)C=C(C(=O)N3CCOCCOCCOCCOCC3)O2)cc1. The first kappa shape index (κ1) is 36.2. The maximum absolute atomic E-state index is 13.7. The lowest BCUT2D eigenvalue weighted by Gasteiger charge is -2.33. The Balaban J connectivity index is 1.63. The maximum Gasteiger partial charge on any atom is 0.288 e. The van der Waals surface area contributed by atoms with Gasteiger partial charge in [-0.05, 0) is 42.2 Å². The molecule has 2 heterocycles. The standard InChI is InChI=1S/C30H48N2O11S/c1-24(2)25-22-28(30(34)31-9-13-38-16-18-40-20-21-41-19-17-39-14-10-31)43-29(23-25)42-15-11-32(8-12-33)44(35,36)27-6-4-26(37-3)5-7-27/h4-7,22,24-25,29,33H,8-21,23H2,1-3H3/t25-,29+/m1/s1. The number of ether oxygens (including phenoxy) is 7. The number of benzene rings is 1. The van der Waals surface area contributed by atoms with Crippen LogP contribution >= 0.6 is 0 Å². The van der Waals surface area contributed by atoms with Gasteiger partial charge in [0.05, 0.1) is 78.1 Å². The molecule has 0 unspecified atom stereocenters. The number of sulfonamides is 1. The number of amides is 1. The summed E-state index contributed by atoms with van der Waals surface area (Å²) in [5, 5.41) is 9.56. The average Bonchev–Trinajstić information content (AvgIpc) is 3.03. The predicted octanol–water partition coefficient (Wildman–Crippen LogP) is 1.51. The minimum Gasteiger partial charge on any atom is -0.497 e. The Bertz CT molecular complexity index is 1100. The molecule has 1 aromatic carbocycles. The monoisotopic (exact) mass is 644 g/mol. The topological polar surface area (TPSA) is 143 Å². The number of hydrogen-bond acceptors (Lipinski definition) is 11. The first-order valence-electron chi connectivity index (χ1n) is 15.1. The van der Waals surface area contributed by atoms with Gasteiger partial charge in [0.1, 0.15) is 5.75 Å². The molecule has 1 saturated heterocycles. The van der Waals surface area contributed by atoms with Gasteiger partial charge >= 0.3 is 0 Å². The summed E-state index contributed by atoms with van der Waals surface area (Å²) in [6, 6.07) is 6.05. The molecule has 1 amide bonds. The van der Waals surface area contributed by atoms with E-state index in [0.717, 1.165) is 4.31 Å². The number of nitrogens with zero attached hydrogens (tertiary/aromatic N) is 2. The Kier molecular flexibility index (Phi) is 15.8. The third kappa shape index (κ3) is 11.6. The fraction of sp³-hybridized carbons (Fsp3) is 0.700. The minimum atomic E-state index is -3.89. The number of methoxy groups -OCH3 is 1. The summed E-state index contributed by atoms with van der Waals surface area (Å²) in [5.41, 5.74) is 0. The van der Waals surface area contributed by atoms with Crippen LogP contribution in [0.2, 0.25) is 0 Å². The summed E-state index contributed by atoms with van der Waals surface area (Å²) in [6.07, 6.45) is 1.60. The van der Waals surface area contributed by atoms with Crippen LogP contribution in [0.1, 0.15) is 20.3 Å². The van der Waals surface area contributed by atoms with Crippen LogP contribution in [0.4, 0.5) is 0 Å². The molecule has 14 heteroatoms. The first-order chi connectivity index (χ1) is 21.3. The van der Waals surface area contributed by atoms with E-state index in [1.165, 1.54) is 19.2 Å². The van der Waals surface area contributed by atoms with E-state index >= 15 is 0 Å². The van der Waals surface area contributed by atoms with Crippen molar-refractivity contribution in [3.8, 4) is 5.75 Å². The van der Waals surface area contributed by atoms with E-state index in [0.29, 0.717) is 78.1 Å². The van der Waals surface area contributed by atoms with Crippen molar-refractivity contribution >= 4 is 15.9 Å². The van der Waals surface area contributed by atoms with Gasteiger partial charge in [-0.2, -0.15) is 4.31 Å². The normalized spacial score (nSPS) is 21.7. The second-order valence-corrected chi connectivity index (χ2v) is 12.6. The van der Waals surface area contributed by atoms with Crippen LogP contribution in [0.3, 0.4) is 0 Å². The van der Waals surface area contributed by atoms with Gasteiger partial charge < -0.3 is 43.2 Å². The van der Waals surface area contributed by atoms with Gasteiger partial charge in [0.15, 0.2) is 5.76 Å². The quantitative estimate of drug-likeness (QED) is 0.375. The minimum absolute atomic E-state index is 0.00186. The molecule has 0 saturated carbocycles. The highest BCUT2D eigenvalue weighted by molar-refractivity contribution is 7.89. The van der Waals surface area contributed by atoms with Gasteiger partial charge in [-0.25, -0.2) is 8.42 Å². The number of rotatable bonds is 11. The first-order valence-corrected chi connectivity index (χ1v) is 16.6. The highest BCUT2D eigenvalue weighted by Gasteiger charge is 2.32. The second-order valence-electron chi connectivity index (χ2n) is 10.6. The van der Waals surface area contributed by atoms with Crippen molar-refractivity contribution in [1.29, 1.82) is 0 Å². The Hall–Kier alpha value is -2.30. The lowest BCUT2D eigenvalue weighted by molar-refractivity contribution is -0.157. The van der Waals surface area contributed by atoms with Crippen molar-refractivity contribution < 1.29 is 51.5 Å². The molecule has 1 N–H and O–H groups in total.